The largest absolute Gasteiger partial charge is 0.464 e. The molecule has 27 heavy (non-hydrogen) atoms. The second kappa shape index (κ2) is 7.79. The first-order valence-corrected chi connectivity index (χ1v) is 9.02. The summed E-state index contributed by atoms with van der Waals surface area (Å²) in [5.74, 6) is -0.707. The molecule has 0 aliphatic carbocycles. The molecule has 140 valence electrons. The van der Waals surface area contributed by atoms with E-state index in [9.17, 15) is 18.8 Å². The summed E-state index contributed by atoms with van der Waals surface area (Å²) < 4.78 is 23.5. The van der Waals surface area contributed by atoms with Crippen molar-refractivity contribution in [2.75, 3.05) is 6.61 Å². The molecule has 0 N–H and O–H groups in total. The maximum Gasteiger partial charge on any atom is 0.329 e. The topological polar surface area (TPSA) is 76.8 Å². The lowest BCUT2D eigenvalue weighted by Crippen LogP contribution is -2.42. The van der Waals surface area contributed by atoms with Gasteiger partial charge in [0.05, 0.1) is 11.5 Å². The minimum Gasteiger partial charge on any atom is -0.464 e. The highest BCUT2D eigenvalue weighted by Crippen LogP contribution is 2.34. The molecule has 1 fully saturated rings. The zero-order valence-corrected chi connectivity index (χ0v) is 15.4. The summed E-state index contributed by atoms with van der Waals surface area (Å²) in [6, 6.07) is 8.11. The predicted octanol–water partition coefficient (Wildman–Crippen LogP) is 4.07. The molecule has 2 heterocycles. The highest BCUT2D eigenvalue weighted by atomic mass is 32.2. The third-order valence-corrected chi connectivity index (χ3v) is 4.75. The molecule has 0 saturated carbocycles. The van der Waals surface area contributed by atoms with Gasteiger partial charge in [0.15, 0.2) is 0 Å². The Morgan fingerprint density at radius 3 is 2.63 bits per heavy atom. The number of ether oxygens (including phenoxy) is 1. The van der Waals surface area contributed by atoms with Gasteiger partial charge < -0.3 is 9.15 Å². The van der Waals surface area contributed by atoms with Crippen LogP contribution in [0.2, 0.25) is 0 Å². The molecule has 2 aromatic rings. The van der Waals surface area contributed by atoms with Crippen LogP contribution in [0.3, 0.4) is 0 Å². The summed E-state index contributed by atoms with van der Waals surface area (Å²) >= 11 is 0.729. The Balaban J connectivity index is 1.80. The standard InChI is InChI=1S/C19H16FNO5S/c1-3-25-18(23)11(2)21-17(22)16(27-19(21)24)10-14-8-9-15(26-14)12-4-6-13(20)7-5-12/h4-11H,3H2,1-2H3/b16-10+. The average molecular weight is 389 g/mol. The fraction of sp³-hybridized carbons (Fsp3) is 0.211. The van der Waals surface area contributed by atoms with Gasteiger partial charge in [0.2, 0.25) is 0 Å². The highest BCUT2D eigenvalue weighted by Gasteiger charge is 2.41. The number of carbonyl (C=O) groups is 3. The van der Waals surface area contributed by atoms with Crippen molar-refractivity contribution in [2.45, 2.75) is 19.9 Å². The zero-order valence-electron chi connectivity index (χ0n) is 14.6. The SMILES string of the molecule is CCOC(=O)C(C)N1C(=O)S/C(=C/c2ccc(-c3ccc(F)cc3)o2)C1=O. The van der Waals surface area contributed by atoms with Crippen molar-refractivity contribution in [3.63, 3.8) is 0 Å². The minimum atomic E-state index is -1.00. The van der Waals surface area contributed by atoms with E-state index >= 15 is 0 Å². The van der Waals surface area contributed by atoms with E-state index in [4.69, 9.17) is 9.15 Å². The Hall–Kier alpha value is -2.87. The van der Waals surface area contributed by atoms with Gasteiger partial charge in [-0.1, -0.05) is 0 Å². The molecule has 0 radical (unpaired) electrons. The second-order valence-corrected chi connectivity index (χ2v) is 6.68. The van der Waals surface area contributed by atoms with Crippen LogP contribution in [0.4, 0.5) is 9.18 Å². The summed E-state index contributed by atoms with van der Waals surface area (Å²) in [6.45, 7) is 3.25. The lowest BCUT2D eigenvalue weighted by atomic mass is 10.2. The van der Waals surface area contributed by atoms with Crippen LogP contribution in [0.25, 0.3) is 17.4 Å². The number of imide groups is 1. The van der Waals surface area contributed by atoms with E-state index in [-0.39, 0.29) is 17.3 Å². The third kappa shape index (κ3) is 3.95. The van der Waals surface area contributed by atoms with E-state index < -0.39 is 23.2 Å². The van der Waals surface area contributed by atoms with Crippen molar-refractivity contribution in [3.05, 3.63) is 52.9 Å². The molecule has 3 rings (SSSR count). The van der Waals surface area contributed by atoms with Crippen LogP contribution >= 0.6 is 11.8 Å². The van der Waals surface area contributed by atoms with Gasteiger partial charge in [-0.25, -0.2) is 9.18 Å². The fourth-order valence-electron chi connectivity index (χ4n) is 2.51. The number of benzene rings is 1. The maximum atomic E-state index is 13.0. The lowest BCUT2D eigenvalue weighted by molar-refractivity contribution is -0.150. The number of hydrogen-bond acceptors (Lipinski definition) is 6. The Morgan fingerprint density at radius 1 is 1.26 bits per heavy atom. The number of nitrogens with zero attached hydrogens (tertiary/aromatic N) is 1. The minimum absolute atomic E-state index is 0.149. The van der Waals surface area contributed by atoms with Crippen molar-refractivity contribution in [2.24, 2.45) is 0 Å². The molecule has 1 aromatic heterocycles. The molecular weight excluding hydrogens is 373 g/mol. The molecule has 8 heteroatoms. The van der Waals surface area contributed by atoms with E-state index in [2.05, 4.69) is 0 Å². The van der Waals surface area contributed by atoms with E-state index in [0.29, 0.717) is 17.1 Å². The van der Waals surface area contributed by atoms with Gasteiger partial charge in [0.25, 0.3) is 11.1 Å². The lowest BCUT2D eigenvalue weighted by Gasteiger charge is -2.19. The summed E-state index contributed by atoms with van der Waals surface area (Å²) in [4.78, 5) is 37.5. The van der Waals surface area contributed by atoms with Gasteiger partial charge in [0, 0.05) is 11.6 Å². The Bertz CT molecular complexity index is 918. The predicted molar refractivity (Wildman–Crippen MR) is 98.0 cm³/mol. The summed E-state index contributed by atoms with van der Waals surface area (Å²) in [5.41, 5.74) is 0.681. The van der Waals surface area contributed by atoms with Crippen LogP contribution in [0.1, 0.15) is 19.6 Å². The van der Waals surface area contributed by atoms with Crippen molar-refractivity contribution < 1.29 is 27.9 Å². The molecule has 1 aliphatic heterocycles. The molecule has 2 amide bonds. The Labute approximate surface area is 159 Å². The van der Waals surface area contributed by atoms with Crippen molar-refractivity contribution in [1.29, 1.82) is 0 Å². The van der Waals surface area contributed by atoms with E-state index in [1.54, 1.807) is 31.2 Å². The number of thioether (sulfide) groups is 1. The van der Waals surface area contributed by atoms with E-state index in [1.165, 1.54) is 25.1 Å². The Morgan fingerprint density at radius 2 is 1.96 bits per heavy atom. The maximum absolute atomic E-state index is 13.0. The van der Waals surface area contributed by atoms with Crippen LogP contribution in [-0.2, 0) is 14.3 Å². The average Bonchev–Trinajstić information content (AvgIpc) is 3.20. The van der Waals surface area contributed by atoms with Gasteiger partial charge in [-0.2, -0.15) is 0 Å². The van der Waals surface area contributed by atoms with Gasteiger partial charge in [-0.15, -0.1) is 0 Å². The number of carbonyl (C=O) groups excluding carboxylic acids is 3. The highest BCUT2D eigenvalue weighted by molar-refractivity contribution is 8.18. The first-order valence-electron chi connectivity index (χ1n) is 8.20. The number of rotatable bonds is 5. The van der Waals surface area contributed by atoms with E-state index in [1.807, 2.05) is 0 Å². The van der Waals surface area contributed by atoms with Crippen LogP contribution in [-0.4, -0.2) is 34.7 Å². The molecular formula is C19H16FNO5S. The van der Waals surface area contributed by atoms with Crippen LogP contribution in [0.15, 0.2) is 45.7 Å². The quantitative estimate of drug-likeness (QED) is 0.567. The first-order chi connectivity index (χ1) is 12.9. The van der Waals surface area contributed by atoms with Crippen molar-refractivity contribution in [1.82, 2.24) is 4.90 Å². The third-order valence-electron chi connectivity index (χ3n) is 3.87. The zero-order chi connectivity index (χ0) is 19.6. The molecule has 1 atom stereocenters. The van der Waals surface area contributed by atoms with Gasteiger partial charge in [-0.3, -0.25) is 14.5 Å². The van der Waals surface area contributed by atoms with Crippen molar-refractivity contribution in [3.8, 4) is 11.3 Å². The Kier molecular flexibility index (Phi) is 5.46. The molecule has 1 saturated heterocycles. The van der Waals surface area contributed by atoms with Gasteiger partial charge in [-0.05, 0) is 62.0 Å². The monoisotopic (exact) mass is 389 g/mol. The van der Waals surface area contributed by atoms with Crippen LogP contribution in [0.5, 0.6) is 0 Å². The smallest absolute Gasteiger partial charge is 0.329 e. The molecule has 1 unspecified atom stereocenters. The number of amides is 2. The molecule has 6 nitrogen and oxygen atoms in total. The molecule has 0 bridgehead atoms. The summed E-state index contributed by atoms with van der Waals surface area (Å²) in [6.07, 6.45) is 1.44. The number of hydrogen-bond donors (Lipinski definition) is 0. The van der Waals surface area contributed by atoms with Crippen LogP contribution < -0.4 is 0 Å². The van der Waals surface area contributed by atoms with Crippen LogP contribution in [0, 0.1) is 5.82 Å². The first kappa shape index (κ1) is 18.9. The molecule has 0 spiro atoms. The number of halogens is 1. The number of esters is 1. The summed E-state index contributed by atoms with van der Waals surface area (Å²) in [5, 5.41) is -0.544. The molecule has 1 aliphatic rings. The van der Waals surface area contributed by atoms with E-state index in [0.717, 1.165) is 16.7 Å². The molecule has 1 aromatic carbocycles. The fourth-order valence-corrected chi connectivity index (χ4v) is 3.40. The second-order valence-electron chi connectivity index (χ2n) is 5.69. The normalized spacial score (nSPS) is 16.9. The number of furan rings is 1. The summed E-state index contributed by atoms with van der Waals surface area (Å²) in [7, 11) is 0. The van der Waals surface area contributed by atoms with Gasteiger partial charge in [0.1, 0.15) is 23.4 Å². The van der Waals surface area contributed by atoms with Crippen molar-refractivity contribution >= 4 is 35.0 Å². The van der Waals surface area contributed by atoms with Gasteiger partial charge >= 0.3 is 5.97 Å².